The van der Waals surface area contributed by atoms with Crippen molar-refractivity contribution in [2.24, 2.45) is 0 Å². The Morgan fingerprint density at radius 3 is 2.26 bits per heavy atom. The summed E-state index contributed by atoms with van der Waals surface area (Å²) in [5.41, 5.74) is -0.900. The van der Waals surface area contributed by atoms with E-state index in [1.807, 2.05) is 0 Å². The third-order valence-corrected chi connectivity index (χ3v) is 3.94. The summed E-state index contributed by atoms with van der Waals surface area (Å²) in [6.45, 7) is 1.35. The van der Waals surface area contributed by atoms with Crippen molar-refractivity contribution in [3.63, 3.8) is 0 Å². The molecule has 0 radical (unpaired) electrons. The fraction of sp³-hybridized carbons (Fsp3) is 0.533. The molecule has 1 aliphatic heterocycles. The maximum absolute atomic E-state index is 14.1. The van der Waals surface area contributed by atoms with Crippen molar-refractivity contribution in [3.8, 4) is 11.5 Å². The molecule has 2 N–H and O–H groups in total. The fourth-order valence-corrected chi connectivity index (χ4v) is 2.54. The number of ether oxygens (including phenoxy) is 3. The van der Waals surface area contributed by atoms with E-state index in [4.69, 9.17) is 14.2 Å². The van der Waals surface area contributed by atoms with E-state index in [1.54, 1.807) is 0 Å². The molecule has 6 nitrogen and oxygen atoms in total. The number of piperidine rings is 1. The zero-order chi connectivity index (χ0) is 16.2. The summed E-state index contributed by atoms with van der Waals surface area (Å²) in [5, 5.41) is 5.76. The van der Waals surface area contributed by atoms with Gasteiger partial charge in [0.05, 0.1) is 19.9 Å². The molecule has 0 unspecified atom stereocenters. The second-order valence-corrected chi connectivity index (χ2v) is 5.09. The van der Waals surface area contributed by atoms with E-state index in [9.17, 15) is 9.18 Å². The van der Waals surface area contributed by atoms with Crippen molar-refractivity contribution < 1.29 is 23.4 Å². The SMILES string of the molecule is COc1cc(F)c(NC(=O)C2(OC)CCNCC2)cc1OC.Cl. The lowest BCUT2D eigenvalue weighted by Crippen LogP contribution is -2.51. The summed E-state index contributed by atoms with van der Waals surface area (Å²) in [5.74, 6) is -0.342. The van der Waals surface area contributed by atoms with Crippen LogP contribution in [0.4, 0.5) is 10.1 Å². The molecule has 130 valence electrons. The Morgan fingerprint density at radius 1 is 1.17 bits per heavy atom. The van der Waals surface area contributed by atoms with Crippen molar-refractivity contribution in [3.05, 3.63) is 17.9 Å². The Hall–Kier alpha value is -1.57. The molecule has 1 amide bonds. The number of hydrogen-bond acceptors (Lipinski definition) is 5. The van der Waals surface area contributed by atoms with E-state index in [-0.39, 0.29) is 29.8 Å². The molecule has 0 bridgehead atoms. The second kappa shape index (κ2) is 8.33. The van der Waals surface area contributed by atoms with E-state index in [0.29, 0.717) is 31.7 Å². The van der Waals surface area contributed by atoms with Crippen molar-refractivity contribution >= 4 is 24.0 Å². The van der Waals surface area contributed by atoms with E-state index in [2.05, 4.69) is 10.6 Å². The maximum atomic E-state index is 14.1. The molecule has 2 rings (SSSR count). The largest absolute Gasteiger partial charge is 0.493 e. The topological polar surface area (TPSA) is 68.8 Å². The lowest BCUT2D eigenvalue weighted by Gasteiger charge is -2.34. The van der Waals surface area contributed by atoms with Gasteiger partial charge in [-0.05, 0) is 25.9 Å². The van der Waals surface area contributed by atoms with Gasteiger partial charge in [0.2, 0.25) is 0 Å². The van der Waals surface area contributed by atoms with Gasteiger partial charge >= 0.3 is 0 Å². The zero-order valence-corrected chi connectivity index (χ0v) is 14.2. The number of rotatable bonds is 5. The van der Waals surface area contributed by atoms with Crippen molar-refractivity contribution in [1.29, 1.82) is 0 Å². The molecular weight excluding hydrogens is 327 g/mol. The third-order valence-electron chi connectivity index (χ3n) is 3.94. The molecule has 1 aromatic rings. The smallest absolute Gasteiger partial charge is 0.256 e. The third kappa shape index (κ3) is 4.04. The van der Waals surface area contributed by atoms with Gasteiger partial charge in [0.25, 0.3) is 5.91 Å². The number of carbonyl (C=O) groups is 1. The fourth-order valence-electron chi connectivity index (χ4n) is 2.54. The molecule has 1 aromatic carbocycles. The Labute approximate surface area is 141 Å². The van der Waals surface area contributed by atoms with Crippen LogP contribution in [-0.2, 0) is 9.53 Å². The molecule has 0 spiro atoms. The predicted octanol–water partition coefficient (Wildman–Crippen LogP) is 1.97. The van der Waals surface area contributed by atoms with Gasteiger partial charge in [-0.25, -0.2) is 4.39 Å². The van der Waals surface area contributed by atoms with Crippen LogP contribution in [0, 0.1) is 5.82 Å². The Morgan fingerprint density at radius 2 is 1.74 bits per heavy atom. The second-order valence-electron chi connectivity index (χ2n) is 5.09. The highest BCUT2D eigenvalue weighted by Crippen LogP contribution is 2.33. The van der Waals surface area contributed by atoms with Crippen LogP contribution in [-0.4, -0.2) is 45.9 Å². The molecule has 8 heteroatoms. The monoisotopic (exact) mass is 348 g/mol. The summed E-state index contributed by atoms with van der Waals surface area (Å²) >= 11 is 0. The normalized spacial score (nSPS) is 16.2. The van der Waals surface area contributed by atoms with E-state index in [1.165, 1.54) is 33.5 Å². The Kier molecular flexibility index (Phi) is 7.05. The quantitative estimate of drug-likeness (QED) is 0.851. The van der Waals surface area contributed by atoms with Gasteiger partial charge in [-0.2, -0.15) is 0 Å². The van der Waals surface area contributed by atoms with Gasteiger partial charge in [0.1, 0.15) is 5.60 Å². The first-order chi connectivity index (χ1) is 10.6. The molecule has 0 saturated carbocycles. The Bertz CT molecular complexity index is 551. The van der Waals surface area contributed by atoms with Crippen LogP contribution in [0.5, 0.6) is 11.5 Å². The molecule has 0 aromatic heterocycles. The minimum absolute atomic E-state index is 0. The summed E-state index contributed by atoms with van der Waals surface area (Å²) in [4.78, 5) is 12.5. The van der Waals surface area contributed by atoms with Crippen LogP contribution >= 0.6 is 12.4 Å². The minimum Gasteiger partial charge on any atom is -0.493 e. The van der Waals surface area contributed by atoms with Crippen molar-refractivity contribution in [1.82, 2.24) is 5.32 Å². The van der Waals surface area contributed by atoms with Gasteiger partial charge in [-0.3, -0.25) is 4.79 Å². The standard InChI is InChI=1S/C15H21FN2O4.ClH/c1-20-12-8-10(16)11(9-13(12)21-2)18-14(19)15(22-3)4-6-17-7-5-15;/h8-9,17H,4-7H2,1-3H3,(H,18,19);1H. The van der Waals surface area contributed by atoms with Gasteiger partial charge < -0.3 is 24.8 Å². The van der Waals surface area contributed by atoms with Gasteiger partial charge in [0.15, 0.2) is 17.3 Å². The summed E-state index contributed by atoms with van der Waals surface area (Å²) in [7, 11) is 4.37. The number of anilines is 1. The average molecular weight is 349 g/mol. The summed E-state index contributed by atoms with van der Waals surface area (Å²) < 4.78 is 29.7. The van der Waals surface area contributed by atoms with Gasteiger partial charge in [-0.1, -0.05) is 0 Å². The number of amides is 1. The average Bonchev–Trinajstić information content (AvgIpc) is 2.56. The van der Waals surface area contributed by atoms with Crippen LogP contribution in [0.15, 0.2) is 12.1 Å². The van der Waals surface area contributed by atoms with Crippen LogP contribution in [0.3, 0.4) is 0 Å². The number of benzene rings is 1. The number of carbonyl (C=O) groups excluding carboxylic acids is 1. The first kappa shape index (κ1) is 19.5. The zero-order valence-electron chi connectivity index (χ0n) is 13.4. The van der Waals surface area contributed by atoms with E-state index < -0.39 is 11.4 Å². The van der Waals surface area contributed by atoms with Gasteiger partial charge in [-0.15, -0.1) is 12.4 Å². The molecule has 1 saturated heterocycles. The highest BCUT2D eigenvalue weighted by atomic mass is 35.5. The molecule has 1 fully saturated rings. The van der Waals surface area contributed by atoms with E-state index >= 15 is 0 Å². The number of nitrogens with one attached hydrogen (secondary N) is 2. The van der Waals surface area contributed by atoms with Crippen molar-refractivity contribution in [2.75, 3.05) is 39.7 Å². The molecule has 23 heavy (non-hydrogen) atoms. The molecule has 0 aliphatic carbocycles. The molecule has 1 aliphatic rings. The highest BCUT2D eigenvalue weighted by molar-refractivity contribution is 5.97. The minimum atomic E-state index is -0.940. The first-order valence-corrected chi connectivity index (χ1v) is 7.05. The van der Waals surface area contributed by atoms with Crippen LogP contribution in [0.25, 0.3) is 0 Å². The number of halogens is 2. The molecule has 0 atom stereocenters. The van der Waals surface area contributed by atoms with Crippen molar-refractivity contribution in [2.45, 2.75) is 18.4 Å². The van der Waals surface area contributed by atoms with Crippen LogP contribution in [0.1, 0.15) is 12.8 Å². The maximum Gasteiger partial charge on any atom is 0.256 e. The lowest BCUT2D eigenvalue weighted by molar-refractivity contribution is -0.140. The van der Waals surface area contributed by atoms with Crippen LogP contribution < -0.4 is 20.1 Å². The molecule has 1 heterocycles. The van der Waals surface area contributed by atoms with Crippen LogP contribution in [0.2, 0.25) is 0 Å². The lowest BCUT2D eigenvalue weighted by atomic mass is 9.91. The van der Waals surface area contributed by atoms with E-state index in [0.717, 1.165) is 0 Å². The Balaban J connectivity index is 0.00000264. The highest BCUT2D eigenvalue weighted by Gasteiger charge is 2.40. The molecular formula is C15H22ClFN2O4. The predicted molar refractivity (Wildman–Crippen MR) is 87.2 cm³/mol. The summed E-state index contributed by atoms with van der Waals surface area (Å²) in [6, 6.07) is 2.58. The van der Waals surface area contributed by atoms with Gasteiger partial charge in [0, 0.05) is 19.2 Å². The summed E-state index contributed by atoms with van der Waals surface area (Å²) in [6.07, 6.45) is 1.06. The first-order valence-electron chi connectivity index (χ1n) is 7.05. The number of methoxy groups -OCH3 is 3. The number of hydrogen-bond donors (Lipinski definition) is 2.